The zero-order chi connectivity index (χ0) is 12.3. The highest BCUT2D eigenvalue weighted by atomic mass is 32.1. The summed E-state index contributed by atoms with van der Waals surface area (Å²) in [6, 6.07) is 8.11. The second-order valence-corrected chi connectivity index (χ2v) is 5.15. The lowest BCUT2D eigenvalue weighted by Crippen LogP contribution is -2.21. The molecule has 0 atom stereocenters. The molecule has 0 bridgehead atoms. The number of benzene rings is 1. The average molecular weight is 246 g/mol. The van der Waals surface area contributed by atoms with E-state index < -0.39 is 0 Å². The van der Waals surface area contributed by atoms with Gasteiger partial charge in [0.2, 0.25) is 0 Å². The fourth-order valence-electron chi connectivity index (χ4n) is 1.56. The number of aromatic nitrogens is 1. The number of aryl methyl sites for hydroxylation is 2. The first-order valence-corrected chi connectivity index (χ1v) is 6.23. The van der Waals surface area contributed by atoms with E-state index in [0.717, 1.165) is 10.6 Å². The van der Waals surface area contributed by atoms with Crippen molar-refractivity contribution in [2.24, 2.45) is 0 Å². The third kappa shape index (κ3) is 3.14. The molecular formula is C13H14N2OS. The van der Waals surface area contributed by atoms with Crippen molar-refractivity contribution in [1.82, 2.24) is 10.3 Å². The van der Waals surface area contributed by atoms with Gasteiger partial charge in [0, 0.05) is 6.54 Å². The average Bonchev–Trinajstić information content (AvgIpc) is 2.73. The largest absolute Gasteiger partial charge is 0.347 e. The third-order valence-corrected chi connectivity index (χ3v) is 3.29. The van der Waals surface area contributed by atoms with Gasteiger partial charge >= 0.3 is 0 Å². The van der Waals surface area contributed by atoms with E-state index in [2.05, 4.69) is 16.4 Å². The second kappa shape index (κ2) is 5.10. The lowest BCUT2D eigenvalue weighted by molar-refractivity contribution is 0.0955. The van der Waals surface area contributed by atoms with Gasteiger partial charge in [0.1, 0.15) is 4.88 Å². The third-order valence-electron chi connectivity index (χ3n) is 2.38. The number of nitrogens with zero attached hydrogens (tertiary/aromatic N) is 1. The molecule has 2 rings (SSSR count). The predicted octanol–water partition coefficient (Wildman–Crippen LogP) is 2.69. The van der Waals surface area contributed by atoms with E-state index >= 15 is 0 Å². The summed E-state index contributed by atoms with van der Waals surface area (Å²) in [4.78, 5) is 16.5. The Labute approximate surface area is 105 Å². The van der Waals surface area contributed by atoms with Crippen molar-refractivity contribution in [2.75, 3.05) is 0 Å². The van der Waals surface area contributed by atoms with Gasteiger partial charge in [-0.05, 0) is 19.4 Å². The van der Waals surface area contributed by atoms with Gasteiger partial charge in [-0.3, -0.25) is 4.79 Å². The minimum absolute atomic E-state index is 0.0582. The van der Waals surface area contributed by atoms with Crippen LogP contribution < -0.4 is 5.32 Å². The molecule has 3 nitrogen and oxygen atoms in total. The van der Waals surface area contributed by atoms with Crippen LogP contribution in [0.3, 0.4) is 0 Å². The van der Waals surface area contributed by atoms with E-state index in [0.29, 0.717) is 11.4 Å². The molecular weight excluding hydrogens is 232 g/mol. The normalized spacial score (nSPS) is 10.2. The first kappa shape index (κ1) is 11.8. The van der Waals surface area contributed by atoms with E-state index in [1.807, 2.05) is 32.0 Å². The van der Waals surface area contributed by atoms with E-state index in [4.69, 9.17) is 0 Å². The monoisotopic (exact) mass is 246 g/mol. The van der Waals surface area contributed by atoms with Crippen molar-refractivity contribution in [3.63, 3.8) is 0 Å². The summed E-state index contributed by atoms with van der Waals surface area (Å²) in [7, 11) is 0. The van der Waals surface area contributed by atoms with Gasteiger partial charge in [-0.2, -0.15) is 0 Å². The van der Waals surface area contributed by atoms with Crippen molar-refractivity contribution in [2.45, 2.75) is 20.4 Å². The summed E-state index contributed by atoms with van der Waals surface area (Å²) in [6.07, 6.45) is 1.62. The molecule has 1 heterocycles. The Morgan fingerprint density at radius 2 is 2.24 bits per heavy atom. The summed E-state index contributed by atoms with van der Waals surface area (Å²) < 4.78 is 0. The number of carbonyl (C=O) groups is 1. The molecule has 17 heavy (non-hydrogen) atoms. The lowest BCUT2D eigenvalue weighted by atomic mass is 10.1. The molecule has 0 fully saturated rings. The molecule has 1 aromatic heterocycles. The summed E-state index contributed by atoms with van der Waals surface area (Å²) in [5, 5.41) is 3.80. The first-order chi connectivity index (χ1) is 8.15. The summed E-state index contributed by atoms with van der Waals surface area (Å²) in [5.41, 5.74) is 2.31. The molecule has 0 aliphatic heterocycles. The van der Waals surface area contributed by atoms with Crippen LogP contribution >= 0.6 is 11.3 Å². The molecule has 1 aromatic carbocycles. The van der Waals surface area contributed by atoms with Crippen LogP contribution in [0.2, 0.25) is 0 Å². The quantitative estimate of drug-likeness (QED) is 0.904. The fourth-order valence-corrected chi connectivity index (χ4v) is 2.25. The highest BCUT2D eigenvalue weighted by Gasteiger charge is 2.08. The molecule has 1 N–H and O–H groups in total. The maximum absolute atomic E-state index is 11.8. The highest BCUT2D eigenvalue weighted by Crippen LogP contribution is 2.11. The van der Waals surface area contributed by atoms with Crippen LogP contribution in [0.25, 0.3) is 0 Å². The Bertz CT molecular complexity index is 534. The van der Waals surface area contributed by atoms with E-state index in [-0.39, 0.29) is 5.91 Å². The minimum Gasteiger partial charge on any atom is -0.347 e. The van der Waals surface area contributed by atoms with Crippen LogP contribution in [-0.2, 0) is 6.54 Å². The van der Waals surface area contributed by atoms with Crippen molar-refractivity contribution < 1.29 is 4.79 Å². The number of hydrogen-bond donors (Lipinski definition) is 1. The van der Waals surface area contributed by atoms with Crippen molar-refractivity contribution in [1.29, 1.82) is 0 Å². The Morgan fingerprint density at radius 3 is 2.88 bits per heavy atom. The predicted molar refractivity (Wildman–Crippen MR) is 69.2 cm³/mol. The SMILES string of the molecule is Cc1cccc(CNC(=O)c2cnc(C)s2)c1. The molecule has 0 saturated heterocycles. The second-order valence-electron chi connectivity index (χ2n) is 3.92. The van der Waals surface area contributed by atoms with Gasteiger partial charge in [0.25, 0.3) is 5.91 Å². The van der Waals surface area contributed by atoms with Gasteiger partial charge in [-0.25, -0.2) is 4.98 Å². The molecule has 2 aromatic rings. The smallest absolute Gasteiger partial charge is 0.263 e. The first-order valence-electron chi connectivity index (χ1n) is 5.41. The minimum atomic E-state index is -0.0582. The Hall–Kier alpha value is -1.68. The molecule has 0 radical (unpaired) electrons. The zero-order valence-electron chi connectivity index (χ0n) is 9.86. The van der Waals surface area contributed by atoms with Gasteiger partial charge in [0.05, 0.1) is 11.2 Å². The fraction of sp³-hybridized carbons (Fsp3) is 0.231. The van der Waals surface area contributed by atoms with Crippen molar-refractivity contribution in [3.05, 3.63) is 51.5 Å². The summed E-state index contributed by atoms with van der Waals surface area (Å²) in [5.74, 6) is -0.0582. The van der Waals surface area contributed by atoms with Crippen LogP contribution in [-0.4, -0.2) is 10.9 Å². The maximum Gasteiger partial charge on any atom is 0.263 e. The lowest BCUT2D eigenvalue weighted by Gasteiger charge is -2.04. The topological polar surface area (TPSA) is 42.0 Å². The Kier molecular flexibility index (Phi) is 3.54. The highest BCUT2D eigenvalue weighted by molar-refractivity contribution is 7.13. The molecule has 0 unspecified atom stereocenters. The molecule has 0 spiro atoms. The molecule has 88 valence electrons. The standard InChI is InChI=1S/C13H14N2OS/c1-9-4-3-5-11(6-9)7-15-13(16)12-8-14-10(2)17-12/h3-6,8H,7H2,1-2H3,(H,15,16). The number of carbonyl (C=O) groups excluding carboxylic acids is 1. The molecule has 0 saturated carbocycles. The Morgan fingerprint density at radius 1 is 1.41 bits per heavy atom. The van der Waals surface area contributed by atoms with Gasteiger partial charge in [-0.15, -0.1) is 11.3 Å². The van der Waals surface area contributed by atoms with Crippen LogP contribution in [0.4, 0.5) is 0 Å². The number of nitrogens with one attached hydrogen (secondary N) is 1. The van der Waals surface area contributed by atoms with E-state index in [9.17, 15) is 4.79 Å². The number of rotatable bonds is 3. The van der Waals surface area contributed by atoms with Gasteiger partial charge < -0.3 is 5.32 Å². The molecule has 1 amide bonds. The maximum atomic E-state index is 11.8. The van der Waals surface area contributed by atoms with Crippen molar-refractivity contribution >= 4 is 17.2 Å². The zero-order valence-corrected chi connectivity index (χ0v) is 10.7. The number of hydrogen-bond acceptors (Lipinski definition) is 3. The van der Waals surface area contributed by atoms with Gasteiger partial charge in [0.15, 0.2) is 0 Å². The van der Waals surface area contributed by atoms with Crippen LogP contribution in [0.15, 0.2) is 30.5 Å². The van der Waals surface area contributed by atoms with Crippen LogP contribution in [0.1, 0.15) is 25.8 Å². The van der Waals surface area contributed by atoms with E-state index in [1.165, 1.54) is 16.9 Å². The molecule has 0 aliphatic rings. The summed E-state index contributed by atoms with van der Waals surface area (Å²) in [6.45, 7) is 4.48. The van der Waals surface area contributed by atoms with Crippen LogP contribution in [0.5, 0.6) is 0 Å². The number of amides is 1. The van der Waals surface area contributed by atoms with Crippen LogP contribution in [0, 0.1) is 13.8 Å². The molecule has 4 heteroatoms. The number of thiazole rings is 1. The van der Waals surface area contributed by atoms with Crippen molar-refractivity contribution in [3.8, 4) is 0 Å². The van der Waals surface area contributed by atoms with Gasteiger partial charge in [-0.1, -0.05) is 29.8 Å². The van der Waals surface area contributed by atoms with E-state index in [1.54, 1.807) is 6.20 Å². The Balaban J connectivity index is 1.97. The summed E-state index contributed by atoms with van der Waals surface area (Å²) >= 11 is 1.41. The molecule has 0 aliphatic carbocycles.